The highest BCUT2D eigenvalue weighted by molar-refractivity contribution is 6.24. The van der Waals surface area contributed by atoms with Crippen molar-refractivity contribution in [2.24, 2.45) is 66.7 Å². The molecular formula is C56H50N24. The second-order valence-corrected chi connectivity index (χ2v) is 18.9. The summed E-state index contributed by atoms with van der Waals surface area (Å²) in [5, 5.41) is 21.0. The summed E-state index contributed by atoms with van der Waals surface area (Å²) in [6.07, 6.45) is 15.0. The predicted molar refractivity (Wildman–Crippen MR) is 316 cm³/mol. The molecular weight excluding hydrogens is 1010 g/mol. The first-order chi connectivity index (χ1) is 38.9. The third kappa shape index (κ3) is 8.78. The van der Waals surface area contributed by atoms with Crippen LogP contribution in [0.1, 0.15) is 45.0 Å². The van der Waals surface area contributed by atoms with Crippen molar-refractivity contribution in [2.45, 2.75) is 0 Å². The van der Waals surface area contributed by atoms with Gasteiger partial charge in [-0.25, -0.2) is 33.3 Å². The SMILES string of the molecule is NC1=NN(N)NC=C1c1ccc(-c2c3nc(c(-c4ccc(C5=CNN(N)N=C5N)cc4)c4ccc([nH]4)c(-c4ccc(C5=CNN(N)N=C5N)cc4)c4nc(c(-c5ccc(C6=CNN(N)N=C6N)cc5)c5ccc2[nH]5)C=C4)C=C3)cc1. The van der Waals surface area contributed by atoms with Crippen molar-refractivity contribution in [2.75, 3.05) is 0 Å². The Bertz CT molecular complexity index is 3680. The van der Waals surface area contributed by atoms with Crippen LogP contribution < -0.4 is 68.0 Å². The minimum atomic E-state index is 0.270. The van der Waals surface area contributed by atoms with Crippen LogP contribution in [0, 0.1) is 0 Å². The molecule has 7 aromatic rings. The molecule has 8 bridgehead atoms. The van der Waals surface area contributed by atoms with Gasteiger partial charge in [0.2, 0.25) is 0 Å². The molecule has 394 valence electrons. The number of benzene rings is 4. The van der Waals surface area contributed by atoms with Crippen LogP contribution >= 0.6 is 0 Å². The highest BCUT2D eigenvalue weighted by Gasteiger charge is 2.23. The maximum atomic E-state index is 6.35. The van der Waals surface area contributed by atoms with Gasteiger partial charge in [0.05, 0.1) is 22.8 Å². The number of fused-ring (bicyclic) bond motifs is 8. The fraction of sp³-hybridized carbons (Fsp3) is 0. The van der Waals surface area contributed by atoms with E-state index in [2.05, 4.69) is 76.3 Å². The number of aromatic amines is 2. The van der Waals surface area contributed by atoms with Gasteiger partial charge in [-0.05, 0) is 93.1 Å². The first kappa shape index (κ1) is 48.2. The normalized spacial score (nSPS) is 15.8. The molecule has 24 nitrogen and oxygen atoms in total. The van der Waals surface area contributed by atoms with E-state index in [1.165, 1.54) is 0 Å². The highest BCUT2D eigenvalue weighted by atomic mass is 15.8. The zero-order valence-electron chi connectivity index (χ0n) is 42.3. The zero-order chi connectivity index (χ0) is 54.8. The molecule has 0 unspecified atom stereocenters. The Morgan fingerprint density at radius 2 is 0.475 bits per heavy atom. The van der Waals surface area contributed by atoms with E-state index in [0.29, 0.717) is 45.1 Å². The maximum absolute atomic E-state index is 6.35. The molecule has 0 spiro atoms. The van der Waals surface area contributed by atoms with Crippen LogP contribution in [-0.2, 0) is 0 Å². The molecule has 0 aliphatic carbocycles. The molecule has 3 aromatic heterocycles. The molecule has 24 heteroatoms. The fourth-order valence-electron chi connectivity index (χ4n) is 10.2. The molecule has 80 heavy (non-hydrogen) atoms. The van der Waals surface area contributed by atoms with Crippen LogP contribution in [0.3, 0.4) is 0 Å². The summed E-state index contributed by atoms with van der Waals surface area (Å²) in [5.41, 5.74) is 56.0. The van der Waals surface area contributed by atoms with Crippen molar-refractivity contribution in [1.29, 1.82) is 0 Å². The van der Waals surface area contributed by atoms with Gasteiger partial charge in [0.25, 0.3) is 0 Å². The molecule has 6 aliphatic heterocycles. The van der Waals surface area contributed by atoms with Gasteiger partial charge in [-0.2, -0.15) is 0 Å². The minimum absolute atomic E-state index is 0.270. The number of nitrogens with one attached hydrogen (secondary N) is 6. The lowest BCUT2D eigenvalue weighted by Gasteiger charge is -2.20. The Morgan fingerprint density at radius 3 is 0.675 bits per heavy atom. The Hall–Kier alpha value is -11.4. The molecule has 0 saturated heterocycles. The summed E-state index contributed by atoms with van der Waals surface area (Å²) in [6, 6.07) is 40.6. The lowest BCUT2D eigenvalue weighted by Crippen LogP contribution is -2.41. The van der Waals surface area contributed by atoms with Crippen LogP contribution in [0.2, 0.25) is 0 Å². The minimum Gasteiger partial charge on any atom is -0.382 e. The van der Waals surface area contributed by atoms with Crippen molar-refractivity contribution >= 4 is 92.0 Å². The maximum Gasteiger partial charge on any atom is 0.156 e. The lowest BCUT2D eigenvalue weighted by molar-refractivity contribution is 0.237. The van der Waals surface area contributed by atoms with E-state index < -0.39 is 0 Å². The van der Waals surface area contributed by atoms with E-state index in [0.717, 1.165) is 110 Å². The Labute approximate surface area is 455 Å². The van der Waals surface area contributed by atoms with Crippen molar-refractivity contribution in [3.8, 4) is 44.5 Å². The van der Waals surface area contributed by atoms with Crippen molar-refractivity contribution < 1.29 is 0 Å². The molecule has 9 heterocycles. The number of hydrazone groups is 4. The summed E-state index contributed by atoms with van der Waals surface area (Å²) in [6.45, 7) is 0. The van der Waals surface area contributed by atoms with Crippen LogP contribution in [0.4, 0.5) is 0 Å². The van der Waals surface area contributed by atoms with Gasteiger partial charge in [0, 0.05) is 91.4 Å². The van der Waals surface area contributed by atoms with Gasteiger partial charge in [0.15, 0.2) is 23.3 Å². The van der Waals surface area contributed by atoms with Crippen molar-refractivity contribution in [3.05, 3.63) is 191 Å². The number of rotatable bonds is 8. The van der Waals surface area contributed by atoms with Crippen LogP contribution in [0.15, 0.2) is 167 Å². The molecule has 0 saturated carbocycles. The van der Waals surface area contributed by atoms with E-state index in [1.54, 1.807) is 24.8 Å². The van der Waals surface area contributed by atoms with Gasteiger partial charge in [0.1, 0.15) is 0 Å². The molecule has 6 aliphatic rings. The Kier molecular flexibility index (Phi) is 11.6. The number of H-pyrrole nitrogens is 2. The molecule has 13 rings (SSSR count). The topological polar surface area (TPSA) is 376 Å². The summed E-state index contributed by atoms with van der Waals surface area (Å²) >= 11 is 0. The number of amidine groups is 4. The molecule has 4 aromatic carbocycles. The number of hydrazine groups is 8. The van der Waals surface area contributed by atoms with E-state index in [1.807, 2.05) is 121 Å². The summed E-state index contributed by atoms with van der Waals surface area (Å²) < 4.78 is 0. The molecule has 0 fully saturated rings. The number of nitrogens with two attached hydrogens (primary N) is 8. The van der Waals surface area contributed by atoms with E-state index in [4.69, 9.17) is 56.3 Å². The molecule has 0 atom stereocenters. The third-order valence-corrected chi connectivity index (χ3v) is 14.0. The number of hydrogen-bond donors (Lipinski definition) is 14. The molecule has 22 N–H and O–H groups in total. The van der Waals surface area contributed by atoms with Crippen LogP contribution in [0.25, 0.3) is 113 Å². The second-order valence-electron chi connectivity index (χ2n) is 18.9. The molecule has 0 amide bonds. The Morgan fingerprint density at radius 1 is 0.275 bits per heavy atom. The zero-order valence-corrected chi connectivity index (χ0v) is 42.3. The first-order valence-electron chi connectivity index (χ1n) is 24.9. The summed E-state index contributed by atoms with van der Waals surface area (Å²) in [7, 11) is 0. The van der Waals surface area contributed by atoms with Crippen molar-refractivity contribution in [1.82, 2.24) is 62.5 Å². The highest BCUT2D eigenvalue weighted by Crippen LogP contribution is 2.40. The lowest BCUT2D eigenvalue weighted by atomic mass is 9.99. The Balaban J connectivity index is 1.06. The second kappa shape index (κ2) is 19.3. The monoisotopic (exact) mass is 1060 g/mol. The number of aromatic nitrogens is 4. The van der Waals surface area contributed by atoms with Gasteiger partial charge in [-0.1, -0.05) is 97.1 Å². The smallest absolute Gasteiger partial charge is 0.156 e. The van der Waals surface area contributed by atoms with E-state index in [-0.39, 0.29) is 23.3 Å². The first-order valence-corrected chi connectivity index (χ1v) is 24.9. The average Bonchev–Trinajstić information content (AvgIpc) is 4.34. The van der Waals surface area contributed by atoms with Gasteiger partial charge in [-0.15, -0.1) is 41.3 Å². The summed E-state index contributed by atoms with van der Waals surface area (Å²) in [4.78, 5) is 18.7. The van der Waals surface area contributed by atoms with E-state index >= 15 is 0 Å². The quantitative estimate of drug-likeness (QED) is 0.0928. The standard InChI is InChI=1S/C56H50N24/c57-53-37(25-65-77(61)73-53)29-1-9-33(10-2-29)49-41-17-19-43(69-41)50(34-11-3-30(4-12-34)38-26-66-78(62)74-54(38)58)45-21-23-47(71-45)52(36-15-7-32(8-16-36)40-28-68-80(64)76-56(40)60)48-24-22-46(72-48)51(44-20-18-42(49)70-44)35-13-5-31(6-14-35)39-27-67-79(63)75-55(39)59/h1-28,65-69,72H,61-64H2,(H2,57,73)(H2,58,74)(H2,59,75)(H2,60,76). The van der Waals surface area contributed by atoms with Gasteiger partial charge >= 0.3 is 0 Å². The number of nitrogens with zero attached hydrogens (tertiary/aromatic N) is 10. The fourth-order valence-corrected chi connectivity index (χ4v) is 10.2. The van der Waals surface area contributed by atoms with Gasteiger partial charge in [-0.3, -0.25) is 21.7 Å². The number of hydrogen-bond acceptors (Lipinski definition) is 22. The van der Waals surface area contributed by atoms with E-state index in [9.17, 15) is 0 Å². The third-order valence-electron chi connectivity index (χ3n) is 14.0. The molecule has 0 radical (unpaired) electrons. The average molecular weight is 1060 g/mol. The predicted octanol–water partition coefficient (Wildman–Crippen LogP) is 4.55. The summed E-state index contributed by atoms with van der Waals surface area (Å²) in [5.74, 6) is 24.5. The van der Waals surface area contributed by atoms with Gasteiger partial charge < -0.3 is 32.9 Å². The van der Waals surface area contributed by atoms with Crippen LogP contribution in [0.5, 0.6) is 0 Å². The van der Waals surface area contributed by atoms with Crippen LogP contribution in [-0.4, -0.2) is 64.2 Å². The van der Waals surface area contributed by atoms with Crippen molar-refractivity contribution in [3.63, 3.8) is 0 Å². The largest absolute Gasteiger partial charge is 0.382 e.